The van der Waals surface area contributed by atoms with Crippen molar-refractivity contribution in [2.75, 3.05) is 13.7 Å². The standard InChI is InChI=1S/C12H13ClN4O/c1-18-12-8-17(11(16-12)4-5-14)7-9-2-3-10(13)15-6-9/h2-4,6,12,16H,7-8H2,1H3/b11-4+. The second-order valence-electron chi connectivity index (χ2n) is 3.90. The van der Waals surface area contributed by atoms with Gasteiger partial charge in [-0.2, -0.15) is 5.26 Å². The van der Waals surface area contributed by atoms with Crippen molar-refractivity contribution < 1.29 is 4.74 Å². The lowest BCUT2D eigenvalue weighted by atomic mass is 10.2. The predicted molar refractivity (Wildman–Crippen MR) is 67.3 cm³/mol. The third-order valence-electron chi connectivity index (χ3n) is 2.68. The maximum Gasteiger partial charge on any atom is 0.146 e. The summed E-state index contributed by atoms with van der Waals surface area (Å²) in [6.07, 6.45) is 3.11. The number of nitriles is 1. The molecule has 0 amide bonds. The van der Waals surface area contributed by atoms with Gasteiger partial charge in [0.25, 0.3) is 0 Å². The fourth-order valence-electron chi connectivity index (χ4n) is 1.80. The highest BCUT2D eigenvalue weighted by molar-refractivity contribution is 6.29. The summed E-state index contributed by atoms with van der Waals surface area (Å²) in [4.78, 5) is 6.06. The molecule has 6 heteroatoms. The highest BCUT2D eigenvalue weighted by Crippen LogP contribution is 2.17. The van der Waals surface area contributed by atoms with Gasteiger partial charge in [0, 0.05) is 19.9 Å². The zero-order valence-corrected chi connectivity index (χ0v) is 10.7. The molecule has 1 aromatic heterocycles. The number of rotatable bonds is 3. The highest BCUT2D eigenvalue weighted by Gasteiger charge is 2.25. The van der Waals surface area contributed by atoms with Crippen LogP contribution in [0.25, 0.3) is 0 Å². The van der Waals surface area contributed by atoms with Gasteiger partial charge in [0.1, 0.15) is 17.2 Å². The van der Waals surface area contributed by atoms with Gasteiger partial charge in [0.2, 0.25) is 0 Å². The van der Waals surface area contributed by atoms with Crippen molar-refractivity contribution in [1.82, 2.24) is 15.2 Å². The molecular weight excluding hydrogens is 252 g/mol. The molecule has 5 nitrogen and oxygen atoms in total. The second-order valence-corrected chi connectivity index (χ2v) is 4.28. The molecule has 1 N–H and O–H groups in total. The Morgan fingerprint density at radius 3 is 3.17 bits per heavy atom. The van der Waals surface area contributed by atoms with Gasteiger partial charge in [0.05, 0.1) is 18.7 Å². The molecule has 0 spiro atoms. The van der Waals surface area contributed by atoms with E-state index in [-0.39, 0.29) is 6.23 Å². The third kappa shape index (κ3) is 2.92. The number of pyridine rings is 1. The van der Waals surface area contributed by atoms with E-state index in [0.717, 1.165) is 11.4 Å². The molecule has 94 valence electrons. The molecule has 1 aliphatic rings. The fraction of sp³-hybridized carbons (Fsp3) is 0.333. The fourth-order valence-corrected chi connectivity index (χ4v) is 1.91. The molecule has 18 heavy (non-hydrogen) atoms. The number of allylic oxidation sites excluding steroid dienone is 1. The Balaban J connectivity index is 2.10. The summed E-state index contributed by atoms with van der Waals surface area (Å²) in [7, 11) is 1.63. The van der Waals surface area contributed by atoms with Crippen LogP contribution >= 0.6 is 11.6 Å². The molecule has 1 aliphatic heterocycles. The van der Waals surface area contributed by atoms with E-state index in [0.29, 0.717) is 18.2 Å². The molecule has 1 atom stereocenters. The Bertz CT molecular complexity index is 480. The van der Waals surface area contributed by atoms with E-state index in [9.17, 15) is 0 Å². The zero-order valence-electron chi connectivity index (χ0n) is 9.93. The lowest BCUT2D eigenvalue weighted by Crippen LogP contribution is -2.24. The normalized spacial score (nSPS) is 20.8. The van der Waals surface area contributed by atoms with Gasteiger partial charge in [-0.25, -0.2) is 4.98 Å². The molecule has 0 saturated carbocycles. The van der Waals surface area contributed by atoms with Crippen molar-refractivity contribution in [2.45, 2.75) is 12.8 Å². The van der Waals surface area contributed by atoms with Crippen LogP contribution in [0.1, 0.15) is 5.56 Å². The minimum atomic E-state index is -0.0927. The molecule has 2 rings (SSSR count). The summed E-state index contributed by atoms with van der Waals surface area (Å²) in [6, 6.07) is 5.69. The average molecular weight is 265 g/mol. The molecule has 1 fully saturated rings. The molecule has 1 unspecified atom stereocenters. The Kier molecular flexibility index (Phi) is 4.03. The summed E-state index contributed by atoms with van der Waals surface area (Å²) in [6.45, 7) is 1.34. The average Bonchev–Trinajstić information content (AvgIpc) is 2.75. The quantitative estimate of drug-likeness (QED) is 0.662. The van der Waals surface area contributed by atoms with Gasteiger partial charge in [-0.1, -0.05) is 17.7 Å². The van der Waals surface area contributed by atoms with Crippen molar-refractivity contribution >= 4 is 11.6 Å². The predicted octanol–water partition coefficient (Wildman–Crippen LogP) is 1.48. The molecule has 0 aliphatic carbocycles. The van der Waals surface area contributed by atoms with Crippen molar-refractivity contribution in [2.24, 2.45) is 0 Å². The van der Waals surface area contributed by atoms with Crippen LogP contribution in [0.2, 0.25) is 5.15 Å². The van der Waals surface area contributed by atoms with Crippen LogP contribution in [0.4, 0.5) is 0 Å². The van der Waals surface area contributed by atoms with Gasteiger partial charge in [-0.05, 0) is 11.6 Å². The van der Waals surface area contributed by atoms with Crippen molar-refractivity contribution in [3.05, 3.63) is 40.9 Å². The van der Waals surface area contributed by atoms with Crippen LogP contribution in [0, 0.1) is 11.3 Å². The second kappa shape index (κ2) is 5.71. The lowest BCUT2D eigenvalue weighted by Gasteiger charge is -2.17. The summed E-state index contributed by atoms with van der Waals surface area (Å²) in [5.74, 6) is 0.763. The van der Waals surface area contributed by atoms with Crippen LogP contribution in [0.15, 0.2) is 30.2 Å². The van der Waals surface area contributed by atoms with Crippen LogP contribution in [-0.2, 0) is 11.3 Å². The van der Waals surface area contributed by atoms with Crippen LogP contribution in [0.5, 0.6) is 0 Å². The van der Waals surface area contributed by atoms with Crippen molar-refractivity contribution in [3.63, 3.8) is 0 Å². The number of ether oxygens (including phenoxy) is 1. The largest absolute Gasteiger partial charge is 0.360 e. The van der Waals surface area contributed by atoms with Gasteiger partial charge >= 0.3 is 0 Å². The van der Waals surface area contributed by atoms with Gasteiger partial charge < -0.3 is 15.0 Å². The lowest BCUT2D eigenvalue weighted by molar-refractivity contribution is 0.0930. The van der Waals surface area contributed by atoms with E-state index >= 15 is 0 Å². The molecule has 2 heterocycles. The Morgan fingerprint density at radius 1 is 1.72 bits per heavy atom. The van der Waals surface area contributed by atoms with E-state index in [4.69, 9.17) is 21.6 Å². The summed E-state index contributed by atoms with van der Waals surface area (Å²) in [5.41, 5.74) is 1.03. The highest BCUT2D eigenvalue weighted by atomic mass is 35.5. The Hall–Kier alpha value is -1.77. The first-order valence-corrected chi connectivity index (χ1v) is 5.85. The minimum Gasteiger partial charge on any atom is -0.360 e. The first kappa shape index (κ1) is 12.7. The monoisotopic (exact) mass is 264 g/mol. The Labute approximate surface area is 111 Å². The number of nitrogens with zero attached hydrogens (tertiary/aromatic N) is 3. The van der Waals surface area contributed by atoms with Crippen LogP contribution in [0.3, 0.4) is 0 Å². The number of halogens is 1. The number of hydrogen-bond donors (Lipinski definition) is 1. The minimum absolute atomic E-state index is 0.0927. The SMILES string of the molecule is COC1CN(Cc2ccc(Cl)nc2)/C(=C/C#N)N1. The van der Waals surface area contributed by atoms with E-state index in [2.05, 4.69) is 10.3 Å². The molecule has 0 aromatic carbocycles. The van der Waals surface area contributed by atoms with Crippen LogP contribution < -0.4 is 5.32 Å². The smallest absolute Gasteiger partial charge is 0.146 e. The number of nitrogens with one attached hydrogen (secondary N) is 1. The van der Waals surface area contributed by atoms with Crippen molar-refractivity contribution in [3.8, 4) is 6.07 Å². The van der Waals surface area contributed by atoms with Crippen molar-refractivity contribution in [1.29, 1.82) is 5.26 Å². The Morgan fingerprint density at radius 2 is 2.56 bits per heavy atom. The number of aromatic nitrogens is 1. The van der Waals surface area contributed by atoms with E-state index in [1.165, 1.54) is 6.08 Å². The maximum atomic E-state index is 8.74. The first-order chi connectivity index (χ1) is 8.72. The molecule has 1 aromatic rings. The maximum absolute atomic E-state index is 8.74. The number of methoxy groups -OCH3 is 1. The summed E-state index contributed by atoms with van der Waals surface area (Å²) < 4.78 is 5.24. The van der Waals surface area contributed by atoms with Gasteiger partial charge in [-0.3, -0.25) is 0 Å². The van der Waals surface area contributed by atoms with Gasteiger partial charge in [-0.15, -0.1) is 0 Å². The number of hydrogen-bond acceptors (Lipinski definition) is 5. The zero-order chi connectivity index (χ0) is 13.0. The van der Waals surface area contributed by atoms with E-state index < -0.39 is 0 Å². The topological polar surface area (TPSA) is 61.2 Å². The molecule has 0 radical (unpaired) electrons. The molecule has 0 bridgehead atoms. The van der Waals surface area contributed by atoms with E-state index in [1.54, 1.807) is 19.4 Å². The summed E-state index contributed by atoms with van der Waals surface area (Å²) >= 11 is 5.74. The first-order valence-electron chi connectivity index (χ1n) is 5.47. The van der Waals surface area contributed by atoms with E-state index in [1.807, 2.05) is 17.0 Å². The van der Waals surface area contributed by atoms with Gasteiger partial charge in [0.15, 0.2) is 0 Å². The van der Waals surface area contributed by atoms with Crippen LogP contribution in [-0.4, -0.2) is 29.8 Å². The summed E-state index contributed by atoms with van der Waals surface area (Å²) in [5, 5.41) is 12.3. The third-order valence-corrected chi connectivity index (χ3v) is 2.91. The molecular formula is C12H13ClN4O. The molecule has 1 saturated heterocycles.